The second-order valence-electron chi connectivity index (χ2n) is 4.11. The molecule has 0 aliphatic rings. The Labute approximate surface area is 114 Å². The second kappa shape index (κ2) is 5.96. The number of hydrogen-bond donors (Lipinski definition) is 2. The summed E-state index contributed by atoms with van der Waals surface area (Å²) in [4.78, 5) is 26.5. The largest absolute Gasteiger partial charge is 0.478 e. The SMILES string of the molecule is Cc1nc(C(=O)NCCc2ccccc2C(=O)O)no1. The molecule has 1 heterocycles. The molecule has 0 saturated carbocycles. The van der Waals surface area contributed by atoms with Crippen LogP contribution < -0.4 is 5.32 Å². The molecule has 1 aromatic heterocycles. The van der Waals surface area contributed by atoms with Crippen LogP contribution in [0.5, 0.6) is 0 Å². The fraction of sp³-hybridized carbons (Fsp3) is 0.231. The number of nitrogens with one attached hydrogen (secondary N) is 1. The first-order valence-electron chi connectivity index (χ1n) is 5.97. The zero-order valence-electron chi connectivity index (χ0n) is 10.8. The molecular formula is C13H13N3O4. The molecule has 20 heavy (non-hydrogen) atoms. The molecule has 0 aliphatic carbocycles. The molecule has 0 fully saturated rings. The number of carbonyl (C=O) groups excluding carboxylic acids is 1. The number of aryl methyl sites for hydroxylation is 1. The molecule has 0 atom stereocenters. The van der Waals surface area contributed by atoms with Crippen LogP contribution in [0.15, 0.2) is 28.8 Å². The molecule has 2 N–H and O–H groups in total. The average molecular weight is 275 g/mol. The topological polar surface area (TPSA) is 105 Å². The van der Waals surface area contributed by atoms with E-state index in [-0.39, 0.29) is 17.9 Å². The van der Waals surface area contributed by atoms with E-state index < -0.39 is 11.9 Å². The van der Waals surface area contributed by atoms with Crippen LogP contribution in [0.4, 0.5) is 0 Å². The molecule has 0 spiro atoms. The van der Waals surface area contributed by atoms with Gasteiger partial charge in [-0.25, -0.2) is 4.79 Å². The zero-order chi connectivity index (χ0) is 14.5. The lowest BCUT2D eigenvalue weighted by atomic mass is 10.0. The van der Waals surface area contributed by atoms with Crippen LogP contribution in [-0.4, -0.2) is 33.7 Å². The number of benzene rings is 1. The van der Waals surface area contributed by atoms with Crippen LogP contribution in [0, 0.1) is 6.92 Å². The van der Waals surface area contributed by atoms with Gasteiger partial charge in [0.2, 0.25) is 5.89 Å². The van der Waals surface area contributed by atoms with E-state index in [1.54, 1.807) is 25.1 Å². The molecule has 0 unspecified atom stereocenters. The van der Waals surface area contributed by atoms with Gasteiger partial charge in [0, 0.05) is 13.5 Å². The summed E-state index contributed by atoms with van der Waals surface area (Å²) in [6.07, 6.45) is 0.408. The minimum Gasteiger partial charge on any atom is -0.478 e. The predicted molar refractivity (Wildman–Crippen MR) is 68.5 cm³/mol. The van der Waals surface area contributed by atoms with Crippen LogP contribution in [0.1, 0.15) is 32.4 Å². The number of carboxylic acids is 1. The van der Waals surface area contributed by atoms with Gasteiger partial charge in [0.05, 0.1) is 5.56 Å². The van der Waals surface area contributed by atoms with Crippen molar-refractivity contribution in [1.29, 1.82) is 0 Å². The number of nitrogens with zero attached hydrogens (tertiary/aromatic N) is 2. The van der Waals surface area contributed by atoms with Crippen LogP contribution in [-0.2, 0) is 6.42 Å². The molecule has 0 radical (unpaired) electrons. The third-order valence-corrected chi connectivity index (χ3v) is 2.66. The van der Waals surface area contributed by atoms with Gasteiger partial charge in [0.1, 0.15) is 0 Å². The summed E-state index contributed by atoms with van der Waals surface area (Å²) in [5.74, 6) is -1.16. The Bertz CT molecular complexity index is 636. The number of aromatic carboxylic acids is 1. The smallest absolute Gasteiger partial charge is 0.335 e. The number of aromatic nitrogens is 2. The van der Waals surface area contributed by atoms with Gasteiger partial charge in [-0.05, 0) is 18.1 Å². The van der Waals surface area contributed by atoms with Crippen LogP contribution in [0.3, 0.4) is 0 Å². The first-order valence-corrected chi connectivity index (χ1v) is 5.97. The van der Waals surface area contributed by atoms with Crippen LogP contribution in [0.25, 0.3) is 0 Å². The van der Waals surface area contributed by atoms with Crippen LogP contribution >= 0.6 is 0 Å². The summed E-state index contributed by atoms with van der Waals surface area (Å²) < 4.78 is 4.70. The minimum atomic E-state index is -0.985. The number of carbonyl (C=O) groups is 2. The number of rotatable bonds is 5. The van der Waals surface area contributed by atoms with Gasteiger partial charge in [-0.1, -0.05) is 23.4 Å². The monoisotopic (exact) mass is 275 g/mol. The summed E-state index contributed by atoms with van der Waals surface area (Å²) >= 11 is 0. The van der Waals surface area contributed by atoms with E-state index in [0.29, 0.717) is 17.9 Å². The predicted octanol–water partition coefficient (Wildman–Crippen LogP) is 1.05. The molecule has 1 aromatic carbocycles. The van der Waals surface area contributed by atoms with Gasteiger partial charge in [-0.3, -0.25) is 4.79 Å². The van der Waals surface area contributed by atoms with E-state index in [9.17, 15) is 9.59 Å². The van der Waals surface area contributed by atoms with Crippen molar-refractivity contribution in [1.82, 2.24) is 15.5 Å². The van der Waals surface area contributed by atoms with Gasteiger partial charge in [0.15, 0.2) is 0 Å². The van der Waals surface area contributed by atoms with Crippen molar-refractivity contribution in [3.8, 4) is 0 Å². The van der Waals surface area contributed by atoms with Crippen molar-refractivity contribution in [3.63, 3.8) is 0 Å². The molecule has 2 aromatic rings. The van der Waals surface area contributed by atoms with E-state index in [4.69, 9.17) is 9.63 Å². The molecule has 2 rings (SSSR count). The Morgan fingerprint density at radius 1 is 1.35 bits per heavy atom. The molecule has 0 saturated heterocycles. The quantitative estimate of drug-likeness (QED) is 0.844. The summed E-state index contributed by atoms with van der Waals surface area (Å²) in [6.45, 7) is 1.88. The van der Waals surface area contributed by atoms with E-state index in [1.807, 2.05) is 0 Å². The minimum absolute atomic E-state index is 0.0333. The fourth-order valence-corrected chi connectivity index (χ4v) is 1.73. The van der Waals surface area contributed by atoms with Gasteiger partial charge in [-0.15, -0.1) is 0 Å². The highest BCUT2D eigenvalue weighted by atomic mass is 16.5. The number of hydrogen-bond acceptors (Lipinski definition) is 5. The van der Waals surface area contributed by atoms with E-state index in [0.717, 1.165) is 0 Å². The van der Waals surface area contributed by atoms with Gasteiger partial charge in [0.25, 0.3) is 11.7 Å². The van der Waals surface area contributed by atoms with Crippen molar-refractivity contribution in [2.45, 2.75) is 13.3 Å². The lowest BCUT2D eigenvalue weighted by molar-refractivity contribution is 0.0695. The normalized spacial score (nSPS) is 10.2. The fourth-order valence-electron chi connectivity index (χ4n) is 1.73. The molecule has 7 heteroatoms. The summed E-state index contributed by atoms with van der Waals surface area (Å²) in [6, 6.07) is 6.66. The summed E-state index contributed by atoms with van der Waals surface area (Å²) in [7, 11) is 0. The maximum absolute atomic E-state index is 11.7. The Morgan fingerprint density at radius 2 is 2.10 bits per heavy atom. The number of amides is 1. The van der Waals surface area contributed by atoms with Gasteiger partial charge >= 0.3 is 5.97 Å². The zero-order valence-corrected chi connectivity index (χ0v) is 10.8. The van der Waals surface area contributed by atoms with Crippen molar-refractivity contribution < 1.29 is 19.2 Å². The van der Waals surface area contributed by atoms with Gasteiger partial charge in [-0.2, -0.15) is 4.98 Å². The lowest BCUT2D eigenvalue weighted by Gasteiger charge is -2.06. The highest BCUT2D eigenvalue weighted by molar-refractivity contribution is 5.90. The van der Waals surface area contributed by atoms with E-state index >= 15 is 0 Å². The molecule has 0 aliphatic heterocycles. The molecule has 0 bridgehead atoms. The van der Waals surface area contributed by atoms with Gasteiger partial charge < -0.3 is 14.9 Å². The second-order valence-corrected chi connectivity index (χ2v) is 4.11. The Kier molecular flexibility index (Phi) is 4.09. The Hall–Kier alpha value is -2.70. The van der Waals surface area contributed by atoms with E-state index in [2.05, 4.69) is 15.5 Å². The number of carboxylic acid groups (broad SMARTS) is 1. The van der Waals surface area contributed by atoms with Crippen molar-refractivity contribution in [2.24, 2.45) is 0 Å². The highest BCUT2D eigenvalue weighted by Crippen LogP contribution is 2.09. The maximum atomic E-state index is 11.7. The standard InChI is InChI=1S/C13H13N3O4/c1-8-15-11(16-20-8)12(17)14-7-6-9-4-2-3-5-10(9)13(18)19/h2-5H,6-7H2,1H3,(H,14,17)(H,18,19). The summed E-state index contributed by atoms with van der Waals surface area (Å²) in [5, 5.41) is 15.1. The maximum Gasteiger partial charge on any atom is 0.335 e. The third-order valence-electron chi connectivity index (χ3n) is 2.66. The van der Waals surface area contributed by atoms with E-state index in [1.165, 1.54) is 6.07 Å². The molecule has 104 valence electrons. The molecule has 1 amide bonds. The Balaban J connectivity index is 1.93. The Morgan fingerprint density at radius 3 is 2.75 bits per heavy atom. The van der Waals surface area contributed by atoms with Crippen molar-refractivity contribution >= 4 is 11.9 Å². The summed E-state index contributed by atoms with van der Waals surface area (Å²) in [5.41, 5.74) is 0.891. The lowest BCUT2D eigenvalue weighted by Crippen LogP contribution is -2.27. The first kappa shape index (κ1) is 13.7. The average Bonchev–Trinajstić information content (AvgIpc) is 2.86. The van der Waals surface area contributed by atoms with Crippen molar-refractivity contribution in [3.05, 3.63) is 47.1 Å². The third kappa shape index (κ3) is 3.19. The van der Waals surface area contributed by atoms with Crippen LogP contribution in [0.2, 0.25) is 0 Å². The first-order chi connectivity index (χ1) is 9.58. The highest BCUT2D eigenvalue weighted by Gasteiger charge is 2.13. The van der Waals surface area contributed by atoms with Crippen molar-refractivity contribution in [2.75, 3.05) is 6.54 Å². The molecular weight excluding hydrogens is 262 g/mol. The molecule has 7 nitrogen and oxygen atoms in total.